The second kappa shape index (κ2) is 14.0. The molecule has 4 rings (SSSR count). The second-order valence-electron chi connectivity index (χ2n) is 10.5. The lowest BCUT2D eigenvalue weighted by Gasteiger charge is -2.42. The van der Waals surface area contributed by atoms with Crippen LogP contribution in [0.4, 0.5) is 0 Å². The third-order valence-corrected chi connectivity index (χ3v) is 7.35. The first-order valence-electron chi connectivity index (χ1n) is 13.6. The molecule has 3 aromatic rings. The Hall–Kier alpha value is -3.28. The van der Waals surface area contributed by atoms with Gasteiger partial charge in [-0.25, -0.2) is 0 Å². The van der Waals surface area contributed by atoms with E-state index in [0.717, 1.165) is 55.6 Å². The number of nitrogens with zero attached hydrogens (tertiary/aromatic N) is 1. The summed E-state index contributed by atoms with van der Waals surface area (Å²) in [4.78, 5) is 24.6. The number of aryl methyl sites for hydroxylation is 1. The molecule has 5 heteroatoms. The highest BCUT2D eigenvalue weighted by molar-refractivity contribution is 5.96. The van der Waals surface area contributed by atoms with Crippen molar-refractivity contribution in [3.8, 4) is 0 Å². The molecule has 2 N–H and O–H groups in total. The molecule has 3 aromatic carbocycles. The van der Waals surface area contributed by atoms with Gasteiger partial charge in [0.2, 0.25) is 0 Å². The predicted octanol–water partition coefficient (Wildman–Crippen LogP) is 6.33. The smallest absolute Gasteiger partial charge is 0.305 e. The molecule has 1 heterocycles. The van der Waals surface area contributed by atoms with Gasteiger partial charge in [0, 0.05) is 12.0 Å². The van der Waals surface area contributed by atoms with Crippen LogP contribution in [0, 0.1) is 18.8 Å². The summed E-state index contributed by atoms with van der Waals surface area (Å²) >= 11 is 0. The SMILES string of the molecule is CC(C)C(=O)O.Cc1ccc(C(=O)CCCN2CCC(C(O)(c3ccccc3)c3ccccc3)CC2)cc1. The normalized spacial score (nSPS) is 14.6. The molecule has 202 valence electrons. The molecule has 5 nitrogen and oxygen atoms in total. The zero-order chi connectivity index (χ0) is 27.5. The molecule has 38 heavy (non-hydrogen) atoms. The first-order chi connectivity index (χ1) is 18.2. The van der Waals surface area contributed by atoms with Gasteiger partial charge in [-0.15, -0.1) is 0 Å². The van der Waals surface area contributed by atoms with E-state index in [1.807, 2.05) is 91.9 Å². The van der Waals surface area contributed by atoms with E-state index in [9.17, 15) is 14.7 Å². The highest BCUT2D eigenvalue weighted by atomic mass is 16.4. The zero-order valence-electron chi connectivity index (χ0n) is 22.8. The van der Waals surface area contributed by atoms with Gasteiger partial charge in [0.05, 0.1) is 5.92 Å². The number of piperidine rings is 1. The van der Waals surface area contributed by atoms with Crippen LogP contribution in [-0.2, 0) is 10.4 Å². The quantitative estimate of drug-likeness (QED) is 0.326. The van der Waals surface area contributed by atoms with Gasteiger partial charge in [-0.2, -0.15) is 0 Å². The highest BCUT2D eigenvalue weighted by Gasteiger charge is 2.41. The van der Waals surface area contributed by atoms with E-state index >= 15 is 0 Å². The third-order valence-electron chi connectivity index (χ3n) is 7.35. The zero-order valence-corrected chi connectivity index (χ0v) is 22.8. The van der Waals surface area contributed by atoms with Gasteiger partial charge < -0.3 is 15.1 Å². The topological polar surface area (TPSA) is 77.8 Å². The van der Waals surface area contributed by atoms with Crippen LogP contribution in [0.2, 0.25) is 0 Å². The Morgan fingerprint density at radius 2 is 1.34 bits per heavy atom. The van der Waals surface area contributed by atoms with E-state index in [1.165, 1.54) is 5.56 Å². The van der Waals surface area contributed by atoms with Crippen LogP contribution in [0.5, 0.6) is 0 Å². The summed E-state index contributed by atoms with van der Waals surface area (Å²) in [5.41, 5.74) is 2.94. The molecule has 0 aliphatic carbocycles. The van der Waals surface area contributed by atoms with Crippen LogP contribution in [0.15, 0.2) is 84.9 Å². The number of carbonyl (C=O) groups is 2. The summed E-state index contributed by atoms with van der Waals surface area (Å²) in [5.74, 6) is -0.583. The minimum absolute atomic E-state index is 0.165. The summed E-state index contributed by atoms with van der Waals surface area (Å²) < 4.78 is 0. The molecule has 0 unspecified atom stereocenters. The number of aliphatic hydroxyl groups is 1. The molecule has 0 amide bonds. The first kappa shape index (κ1) is 29.3. The highest BCUT2D eigenvalue weighted by Crippen LogP contribution is 2.41. The Bertz CT molecular complexity index is 1100. The Balaban J connectivity index is 0.000000599. The average molecular weight is 516 g/mol. The summed E-state index contributed by atoms with van der Waals surface area (Å²) in [6.45, 7) is 8.15. The van der Waals surface area contributed by atoms with Crippen molar-refractivity contribution in [2.45, 2.75) is 52.1 Å². The second-order valence-corrected chi connectivity index (χ2v) is 10.5. The van der Waals surface area contributed by atoms with Crippen molar-refractivity contribution in [1.29, 1.82) is 0 Å². The van der Waals surface area contributed by atoms with Crippen molar-refractivity contribution in [2.75, 3.05) is 19.6 Å². The largest absolute Gasteiger partial charge is 0.481 e. The maximum atomic E-state index is 12.4. The number of carboxylic acids is 1. The van der Waals surface area contributed by atoms with E-state index in [0.29, 0.717) is 6.42 Å². The molecule has 0 aromatic heterocycles. The molecule has 1 aliphatic rings. The predicted molar refractivity (Wildman–Crippen MR) is 152 cm³/mol. The molecule has 0 bridgehead atoms. The number of hydrogen-bond acceptors (Lipinski definition) is 4. The molecule has 1 saturated heterocycles. The van der Waals surface area contributed by atoms with Crippen LogP contribution in [0.1, 0.15) is 66.6 Å². The number of ketones is 1. The Morgan fingerprint density at radius 1 is 0.868 bits per heavy atom. The third kappa shape index (κ3) is 7.86. The van der Waals surface area contributed by atoms with Crippen molar-refractivity contribution in [2.24, 2.45) is 11.8 Å². The number of aliphatic carboxylic acids is 1. The van der Waals surface area contributed by atoms with Crippen molar-refractivity contribution < 1.29 is 19.8 Å². The molecule has 0 atom stereocenters. The lowest BCUT2D eigenvalue weighted by atomic mass is 9.72. The van der Waals surface area contributed by atoms with Crippen LogP contribution in [0.3, 0.4) is 0 Å². The Kier molecular flexibility index (Phi) is 10.8. The number of hydrogen-bond donors (Lipinski definition) is 2. The first-order valence-corrected chi connectivity index (χ1v) is 13.6. The van der Waals surface area contributed by atoms with Crippen molar-refractivity contribution in [3.05, 3.63) is 107 Å². The van der Waals surface area contributed by atoms with Gasteiger partial charge in [0.25, 0.3) is 0 Å². The maximum Gasteiger partial charge on any atom is 0.305 e. The molecular weight excluding hydrogens is 474 g/mol. The standard InChI is InChI=1S/C29H33NO2.C4H8O2/c1-23-14-16-24(17-15-23)28(31)13-8-20-30-21-18-27(19-22-30)29(32,25-9-4-2-5-10-25)26-11-6-3-7-12-26;1-3(2)4(5)6/h2-7,9-12,14-17,27,32H,8,13,18-22H2,1H3;3H,1-2H3,(H,5,6). The van der Waals surface area contributed by atoms with Gasteiger partial charge in [0.1, 0.15) is 5.60 Å². The molecule has 0 radical (unpaired) electrons. The minimum Gasteiger partial charge on any atom is -0.481 e. The van der Waals surface area contributed by atoms with Gasteiger partial charge >= 0.3 is 5.97 Å². The van der Waals surface area contributed by atoms with Gasteiger partial charge in [-0.05, 0) is 62.9 Å². The fourth-order valence-corrected chi connectivity index (χ4v) is 4.94. The Morgan fingerprint density at radius 3 is 1.79 bits per heavy atom. The minimum atomic E-state index is -0.976. The van der Waals surface area contributed by atoms with Crippen LogP contribution < -0.4 is 0 Å². The van der Waals surface area contributed by atoms with Crippen LogP contribution in [0.25, 0.3) is 0 Å². The fourth-order valence-electron chi connectivity index (χ4n) is 4.94. The van der Waals surface area contributed by atoms with E-state index in [2.05, 4.69) is 4.90 Å². The van der Waals surface area contributed by atoms with Crippen molar-refractivity contribution in [1.82, 2.24) is 4.90 Å². The van der Waals surface area contributed by atoms with Gasteiger partial charge in [0.15, 0.2) is 5.78 Å². The number of benzene rings is 3. The summed E-state index contributed by atoms with van der Waals surface area (Å²) in [7, 11) is 0. The van der Waals surface area contributed by atoms with E-state index in [4.69, 9.17) is 5.11 Å². The average Bonchev–Trinajstić information content (AvgIpc) is 2.94. The lowest BCUT2D eigenvalue weighted by molar-refractivity contribution is -0.140. The summed E-state index contributed by atoms with van der Waals surface area (Å²) in [6.07, 6.45) is 3.33. The number of rotatable bonds is 9. The molecule has 1 fully saturated rings. The lowest BCUT2D eigenvalue weighted by Crippen LogP contribution is -2.44. The fraction of sp³-hybridized carbons (Fsp3) is 0.394. The number of carbonyl (C=O) groups excluding carboxylic acids is 1. The van der Waals surface area contributed by atoms with Crippen LogP contribution in [-0.4, -0.2) is 46.5 Å². The molecule has 1 aliphatic heterocycles. The van der Waals surface area contributed by atoms with Crippen molar-refractivity contribution >= 4 is 11.8 Å². The summed E-state index contributed by atoms with van der Waals surface area (Å²) in [6, 6.07) is 28.0. The van der Waals surface area contributed by atoms with Gasteiger partial charge in [-0.1, -0.05) is 104 Å². The molecular formula is C33H41NO4. The number of Topliss-reactive ketones (excluding diaryl/α,β-unsaturated/α-hetero) is 1. The molecule has 0 spiro atoms. The van der Waals surface area contributed by atoms with Crippen molar-refractivity contribution in [3.63, 3.8) is 0 Å². The number of carboxylic acid groups (broad SMARTS) is 1. The summed E-state index contributed by atoms with van der Waals surface area (Å²) in [5, 5.41) is 20.0. The Labute approximate surface area is 227 Å². The van der Waals surface area contributed by atoms with E-state index in [1.54, 1.807) is 13.8 Å². The maximum absolute atomic E-state index is 12.4. The monoisotopic (exact) mass is 515 g/mol. The van der Waals surface area contributed by atoms with Crippen LogP contribution >= 0.6 is 0 Å². The van der Waals surface area contributed by atoms with Gasteiger partial charge in [-0.3, -0.25) is 9.59 Å². The molecule has 0 saturated carbocycles. The number of likely N-dealkylation sites (tertiary alicyclic amines) is 1. The van der Waals surface area contributed by atoms with E-state index < -0.39 is 11.6 Å². The van der Waals surface area contributed by atoms with E-state index in [-0.39, 0.29) is 17.6 Å².